The van der Waals surface area contributed by atoms with Crippen molar-refractivity contribution in [3.05, 3.63) is 64.2 Å². The number of alkyl halides is 3. The zero-order chi connectivity index (χ0) is 18.6. The van der Waals surface area contributed by atoms with Gasteiger partial charge in [-0.15, -0.1) is 0 Å². The molecule has 1 atom stereocenters. The number of carboxylic acid groups (broad SMARTS) is 1. The van der Waals surface area contributed by atoms with E-state index in [1.165, 1.54) is 12.1 Å². The van der Waals surface area contributed by atoms with Gasteiger partial charge in [0.2, 0.25) is 0 Å². The van der Waals surface area contributed by atoms with Crippen LogP contribution in [0.4, 0.5) is 13.2 Å². The van der Waals surface area contributed by atoms with Gasteiger partial charge in [0.15, 0.2) is 0 Å². The number of carbonyl (C=O) groups is 1. The van der Waals surface area contributed by atoms with Gasteiger partial charge in [0.25, 0.3) is 0 Å². The van der Waals surface area contributed by atoms with Gasteiger partial charge in [-0.3, -0.25) is 4.79 Å². The lowest BCUT2D eigenvalue weighted by atomic mass is 10.0. The van der Waals surface area contributed by atoms with Crippen LogP contribution in [0.25, 0.3) is 0 Å². The first-order valence-corrected chi connectivity index (χ1v) is 7.59. The van der Waals surface area contributed by atoms with Crippen LogP contribution in [0, 0.1) is 0 Å². The molecule has 0 aliphatic carbocycles. The molecule has 0 aromatic heterocycles. The molecule has 0 bridgehead atoms. The number of hydrogen-bond acceptors (Lipinski definition) is 3. The number of hydrogen-bond donors (Lipinski definition) is 2. The van der Waals surface area contributed by atoms with Crippen LogP contribution in [0.1, 0.15) is 22.7 Å². The number of aliphatic carboxylic acids is 1. The molecule has 0 saturated carbocycles. The maximum atomic E-state index is 12.8. The van der Waals surface area contributed by atoms with Crippen molar-refractivity contribution >= 4 is 17.6 Å². The molecule has 0 amide bonds. The first-order chi connectivity index (χ1) is 11.7. The van der Waals surface area contributed by atoms with E-state index >= 15 is 0 Å². The third-order valence-electron chi connectivity index (χ3n) is 3.40. The van der Waals surface area contributed by atoms with Crippen LogP contribution in [0.2, 0.25) is 5.02 Å². The van der Waals surface area contributed by atoms with Gasteiger partial charge in [-0.05, 0) is 29.3 Å². The van der Waals surface area contributed by atoms with Crippen LogP contribution in [-0.4, -0.2) is 17.3 Å². The van der Waals surface area contributed by atoms with Gasteiger partial charge in [-0.1, -0.05) is 35.9 Å². The lowest BCUT2D eigenvalue weighted by Crippen LogP contribution is -2.28. The quantitative estimate of drug-likeness (QED) is 0.799. The summed E-state index contributed by atoms with van der Waals surface area (Å²) in [5.41, 5.74) is 5.90. The number of halogens is 4. The van der Waals surface area contributed by atoms with Crippen molar-refractivity contribution in [1.82, 2.24) is 0 Å². The summed E-state index contributed by atoms with van der Waals surface area (Å²) >= 11 is 5.87. The Bertz CT molecular complexity index is 765. The Morgan fingerprint density at radius 2 is 1.92 bits per heavy atom. The van der Waals surface area contributed by atoms with Gasteiger partial charge in [0.1, 0.15) is 18.4 Å². The van der Waals surface area contributed by atoms with Crippen LogP contribution >= 0.6 is 11.6 Å². The minimum atomic E-state index is -4.59. The maximum absolute atomic E-state index is 12.8. The van der Waals surface area contributed by atoms with E-state index in [0.29, 0.717) is 16.9 Å². The molecule has 2 aromatic carbocycles. The summed E-state index contributed by atoms with van der Waals surface area (Å²) in [6.07, 6.45) is -4.81. The molecule has 2 aromatic rings. The SMILES string of the molecule is NC(c1cc(Cl)cc(COc2ccccc2CC(=O)O)c1)C(F)(F)F. The average molecular weight is 374 g/mol. The number of para-hydroxylation sites is 1. The van der Waals surface area contributed by atoms with Crippen LogP contribution in [-0.2, 0) is 17.8 Å². The smallest absolute Gasteiger partial charge is 0.407 e. The zero-order valence-electron chi connectivity index (χ0n) is 12.9. The normalized spacial score (nSPS) is 12.7. The highest BCUT2D eigenvalue weighted by Crippen LogP contribution is 2.32. The van der Waals surface area contributed by atoms with Crippen LogP contribution in [0.15, 0.2) is 42.5 Å². The predicted octanol–water partition coefficient (Wildman–Crippen LogP) is 4.11. The Kier molecular flexibility index (Phi) is 5.92. The average Bonchev–Trinajstić information content (AvgIpc) is 2.51. The highest BCUT2D eigenvalue weighted by Gasteiger charge is 2.38. The first kappa shape index (κ1) is 19.1. The van der Waals surface area contributed by atoms with Crippen molar-refractivity contribution in [2.24, 2.45) is 5.73 Å². The third kappa shape index (κ3) is 5.37. The van der Waals surface area contributed by atoms with Gasteiger partial charge < -0.3 is 15.6 Å². The standard InChI is InChI=1S/C17H15ClF3NO3/c18-13-6-10(5-12(7-13)16(22)17(19,20)21)9-25-14-4-2-1-3-11(14)8-15(23)24/h1-7,16H,8-9,22H2,(H,23,24). The fourth-order valence-electron chi connectivity index (χ4n) is 2.24. The highest BCUT2D eigenvalue weighted by molar-refractivity contribution is 6.30. The molecule has 25 heavy (non-hydrogen) atoms. The molecule has 0 spiro atoms. The molecule has 1 unspecified atom stereocenters. The number of ether oxygens (including phenoxy) is 1. The summed E-state index contributed by atoms with van der Waals surface area (Å²) in [6, 6.07) is 8.27. The van der Waals surface area contributed by atoms with E-state index in [1.54, 1.807) is 24.3 Å². The highest BCUT2D eigenvalue weighted by atomic mass is 35.5. The zero-order valence-corrected chi connectivity index (χ0v) is 13.6. The van der Waals surface area contributed by atoms with Crippen molar-refractivity contribution in [2.75, 3.05) is 0 Å². The molecule has 2 rings (SSSR count). The molecule has 0 aliphatic rings. The van der Waals surface area contributed by atoms with Gasteiger partial charge in [0, 0.05) is 10.6 Å². The van der Waals surface area contributed by atoms with Crippen molar-refractivity contribution in [3.8, 4) is 5.75 Å². The molecule has 134 valence electrons. The summed E-state index contributed by atoms with van der Waals surface area (Å²) in [5.74, 6) is -0.677. The van der Waals surface area contributed by atoms with Crippen molar-refractivity contribution in [2.45, 2.75) is 25.2 Å². The Balaban J connectivity index is 2.19. The topological polar surface area (TPSA) is 72.5 Å². The second-order valence-electron chi connectivity index (χ2n) is 5.38. The van der Waals surface area contributed by atoms with Crippen LogP contribution < -0.4 is 10.5 Å². The second-order valence-corrected chi connectivity index (χ2v) is 5.82. The molecule has 0 radical (unpaired) electrons. The minimum absolute atomic E-state index is 0.0746. The van der Waals surface area contributed by atoms with E-state index < -0.39 is 18.2 Å². The lowest BCUT2D eigenvalue weighted by molar-refractivity contribution is -0.149. The van der Waals surface area contributed by atoms with Crippen molar-refractivity contribution < 1.29 is 27.8 Å². The van der Waals surface area contributed by atoms with E-state index in [9.17, 15) is 18.0 Å². The molecule has 8 heteroatoms. The largest absolute Gasteiger partial charge is 0.489 e. The Hall–Kier alpha value is -2.25. The molecule has 0 aliphatic heterocycles. The summed E-state index contributed by atoms with van der Waals surface area (Å²) in [4.78, 5) is 10.9. The molecule has 0 heterocycles. The van der Waals surface area contributed by atoms with Crippen LogP contribution in [0.5, 0.6) is 5.75 Å². The second kappa shape index (κ2) is 7.76. The van der Waals surface area contributed by atoms with Crippen molar-refractivity contribution in [3.63, 3.8) is 0 Å². The third-order valence-corrected chi connectivity index (χ3v) is 3.62. The molecular formula is C17H15ClF3NO3. The Morgan fingerprint density at radius 1 is 1.24 bits per heavy atom. The summed E-state index contributed by atoms with van der Waals surface area (Å²) < 4.78 is 43.9. The summed E-state index contributed by atoms with van der Waals surface area (Å²) in [6.45, 7) is -0.0746. The minimum Gasteiger partial charge on any atom is -0.489 e. The predicted molar refractivity (Wildman–Crippen MR) is 86.5 cm³/mol. The van der Waals surface area contributed by atoms with Gasteiger partial charge >= 0.3 is 12.1 Å². The van der Waals surface area contributed by atoms with E-state index in [1.807, 2.05) is 0 Å². The van der Waals surface area contributed by atoms with Gasteiger partial charge in [-0.25, -0.2) is 0 Å². The van der Waals surface area contributed by atoms with E-state index in [-0.39, 0.29) is 23.6 Å². The summed E-state index contributed by atoms with van der Waals surface area (Å²) in [7, 11) is 0. The van der Waals surface area contributed by atoms with E-state index in [0.717, 1.165) is 6.07 Å². The van der Waals surface area contributed by atoms with E-state index in [4.69, 9.17) is 27.2 Å². The fourth-order valence-corrected chi connectivity index (χ4v) is 2.51. The molecule has 0 fully saturated rings. The molecule has 3 N–H and O–H groups in total. The number of carboxylic acids is 1. The molecule has 4 nitrogen and oxygen atoms in total. The summed E-state index contributed by atoms with van der Waals surface area (Å²) in [5, 5.41) is 9.00. The maximum Gasteiger partial charge on any atom is 0.407 e. The number of nitrogens with two attached hydrogens (primary N) is 1. The molecular weight excluding hydrogens is 359 g/mol. The van der Waals surface area contributed by atoms with Crippen molar-refractivity contribution in [1.29, 1.82) is 0 Å². The number of benzene rings is 2. The van der Waals surface area contributed by atoms with Crippen LogP contribution in [0.3, 0.4) is 0 Å². The number of rotatable bonds is 6. The van der Waals surface area contributed by atoms with Gasteiger partial charge in [-0.2, -0.15) is 13.2 Å². The Labute approximate surface area is 147 Å². The fraction of sp³-hybridized carbons (Fsp3) is 0.235. The monoisotopic (exact) mass is 373 g/mol. The molecule has 0 saturated heterocycles. The van der Waals surface area contributed by atoms with E-state index in [2.05, 4.69) is 0 Å². The Morgan fingerprint density at radius 3 is 2.56 bits per heavy atom. The van der Waals surface area contributed by atoms with Gasteiger partial charge in [0.05, 0.1) is 6.42 Å². The first-order valence-electron chi connectivity index (χ1n) is 7.21. The lowest BCUT2D eigenvalue weighted by Gasteiger charge is -2.17.